The molecule has 1 aliphatic rings. The van der Waals surface area contributed by atoms with Crippen molar-refractivity contribution in [1.82, 2.24) is 9.88 Å². The molecule has 0 bridgehead atoms. The highest BCUT2D eigenvalue weighted by Crippen LogP contribution is 2.23. The van der Waals surface area contributed by atoms with E-state index in [-0.39, 0.29) is 30.2 Å². The van der Waals surface area contributed by atoms with Gasteiger partial charge in [-0.15, -0.1) is 0 Å². The Kier molecular flexibility index (Phi) is 4.54. The number of carboxylic acids is 1. The van der Waals surface area contributed by atoms with Gasteiger partial charge in [0.25, 0.3) is 0 Å². The first-order valence-electron chi connectivity index (χ1n) is 7.08. The van der Waals surface area contributed by atoms with Gasteiger partial charge in [0.2, 0.25) is 5.88 Å². The molecule has 1 atom stereocenters. The predicted octanol–water partition coefficient (Wildman–Crippen LogP) is 2.17. The van der Waals surface area contributed by atoms with E-state index in [0.29, 0.717) is 6.54 Å². The average Bonchev–Trinajstić information content (AvgIpc) is 2.35. The van der Waals surface area contributed by atoms with Crippen LogP contribution in [-0.4, -0.2) is 51.8 Å². The Balaban J connectivity index is 1.93. The van der Waals surface area contributed by atoms with Gasteiger partial charge in [-0.1, -0.05) is 0 Å². The normalized spacial score (nSPS) is 17.6. The van der Waals surface area contributed by atoms with Gasteiger partial charge in [0, 0.05) is 12.7 Å². The monoisotopic (exact) mass is 308 g/mol. The lowest BCUT2D eigenvalue weighted by molar-refractivity contribution is -0.0146. The Labute approximate surface area is 128 Å². The Hall–Kier alpha value is -2.31. The summed E-state index contributed by atoms with van der Waals surface area (Å²) in [5.41, 5.74) is -0.541. The van der Waals surface area contributed by atoms with Crippen molar-refractivity contribution in [3.8, 4) is 5.88 Å². The molecular weight excluding hydrogens is 288 g/mol. The van der Waals surface area contributed by atoms with E-state index in [4.69, 9.17) is 14.6 Å². The fourth-order valence-electron chi connectivity index (χ4n) is 2.02. The quantitative estimate of drug-likeness (QED) is 0.917. The molecule has 0 radical (unpaired) electrons. The molecule has 1 saturated heterocycles. The summed E-state index contributed by atoms with van der Waals surface area (Å²) >= 11 is 0. The Bertz CT molecular complexity index is 567. The van der Waals surface area contributed by atoms with Crippen molar-refractivity contribution >= 4 is 12.1 Å². The third-order valence-corrected chi connectivity index (χ3v) is 3.19. The lowest BCUT2D eigenvalue weighted by Crippen LogP contribution is -2.55. The Morgan fingerprint density at radius 2 is 2.18 bits per heavy atom. The van der Waals surface area contributed by atoms with Gasteiger partial charge >= 0.3 is 12.1 Å². The Morgan fingerprint density at radius 1 is 1.45 bits per heavy atom. The molecule has 1 amide bonds. The molecule has 1 aliphatic heterocycles. The second kappa shape index (κ2) is 6.21. The second-order valence-corrected chi connectivity index (χ2v) is 6.09. The molecule has 2 rings (SSSR count). The van der Waals surface area contributed by atoms with Crippen molar-refractivity contribution in [2.75, 3.05) is 13.2 Å². The van der Waals surface area contributed by atoms with Gasteiger partial charge in [0.15, 0.2) is 0 Å². The van der Waals surface area contributed by atoms with Gasteiger partial charge in [0.05, 0.1) is 6.04 Å². The smallest absolute Gasteiger partial charge is 0.410 e. The van der Waals surface area contributed by atoms with Crippen LogP contribution in [0.2, 0.25) is 0 Å². The highest BCUT2D eigenvalue weighted by atomic mass is 16.6. The molecule has 0 saturated carbocycles. The number of carboxylic acid groups (broad SMARTS) is 1. The highest BCUT2D eigenvalue weighted by Gasteiger charge is 2.35. The third-order valence-electron chi connectivity index (χ3n) is 3.19. The summed E-state index contributed by atoms with van der Waals surface area (Å²) in [4.78, 5) is 28.6. The van der Waals surface area contributed by atoms with Gasteiger partial charge < -0.3 is 19.5 Å². The van der Waals surface area contributed by atoms with E-state index in [1.165, 1.54) is 18.3 Å². The zero-order valence-corrected chi connectivity index (χ0v) is 12.9. The number of nitrogens with zero attached hydrogens (tertiary/aromatic N) is 2. The Morgan fingerprint density at radius 3 is 2.73 bits per heavy atom. The van der Waals surface area contributed by atoms with Crippen LogP contribution in [0.4, 0.5) is 4.79 Å². The maximum Gasteiger partial charge on any atom is 0.410 e. The van der Waals surface area contributed by atoms with E-state index in [9.17, 15) is 9.59 Å². The summed E-state index contributed by atoms with van der Waals surface area (Å²) in [6.45, 7) is 6.23. The molecular formula is C15H20N2O5. The number of hydrogen-bond donors (Lipinski definition) is 1. The minimum absolute atomic E-state index is 0.00522. The lowest BCUT2D eigenvalue weighted by Gasteiger charge is -2.40. The number of carbonyl (C=O) groups excluding carboxylic acids is 1. The average molecular weight is 308 g/mol. The zero-order valence-electron chi connectivity index (χ0n) is 12.9. The molecule has 1 aromatic heterocycles. The molecule has 0 aromatic carbocycles. The summed E-state index contributed by atoms with van der Waals surface area (Å²) in [5, 5.41) is 9.07. The predicted molar refractivity (Wildman–Crippen MR) is 78.0 cm³/mol. The van der Waals surface area contributed by atoms with E-state index in [0.717, 1.165) is 6.42 Å². The van der Waals surface area contributed by atoms with Crippen LogP contribution in [0.1, 0.15) is 37.6 Å². The van der Waals surface area contributed by atoms with Crippen LogP contribution >= 0.6 is 0 Å². The van der Waals surface area contributed by atoms with Crippen LogP contribution in [-0.2, 0) is 4.74 Å². The third kappa shape index (κ3) is 3.87. The molecule has 1 aromatic rings. The first-order valence-corrected chi connectivity index (χ1v) is 7.08. The maximum atomic E-state index is 12.0. The summed E-state index contributed by atoms with van der Waals surface area (Å²) in [5.74, 6) is -1.04. The fourth-order valence-corrected chi connectivity index (χ4v) is 2.02. The summed E-state index contributed by atoms with van der Waals surface area (Å²) in [6.07, 6.45) is 1.87. The molecule has 7 nitrogen and oxygen atoms in total. The highest BCUT2D eigenvalue weighted by molar-refractivity contribution is 5.90. The van der Waals surface area contributed by atoms with Gasteiger partial charge in [-0.2, -0.15) is 0 Å². The molecule has 0 spiro atoms. The molecule has 1 unspecified atom stereocenters. The molecule has 0 aliphatic carbocycles. The van der Waals surface area contributed by atoms with Crippen molar-refractivity contribution < 1.29 is 24.2 Å². The molecule has 22 heavy (non-hydrogen) atoms. The largest absolute Gasteiger partial charge is 0.477 e. The van der Waals surface area contributed by atoms with E-state index < -0.39 is 11.6 Å². The first kappa shape index (κ1) is 16.1. The van der Waals surface area contributed by atoms with Gasteiger partial charge in [-0.3, -0.25) is 0 Å². The number of rotatable bonds is 4. The van der Waals surface area contributed by atoms with E-state index >= 15 is 0 Å². The van der Waals surface area contributed by atoms with Crippen LogP contribution < -0.4 is 4.74 Å². The lowest BCUT2D eigenvalue weighted by atomic mass is 10.1. The van der Waals surface area contributed by atoms with E-state index in [1.54, 1.807) is 4.90 Å². The number of ether oxygens (including phenoxy) is 2. The van der Waals surface area contributed by atoms with Crippen molar-refractivity contribution in [3.05, 3.63) is 23.9 Å². The number of amides is 1. The van der Waals surface area contributed by atoms with Crippen LogP contribution in [0.5, 0.6) is 5.88 Å². The van der Waals surface area contributed by atoms with E-state index in [1.807, 2.05) is 20.8 Å². The summed E-state index contributed by atoms with van der Waals surface area (Å²) < 4.78 is 10.8. The SMILES string of the molecule is CC(C)(C)OC(=O)N1CCC1COc1ncccc1C(=O)O. The minimum atomic E-state index is -1.10. The standard InChI is InChI=1S/C15H20N2O5/c1-15(2,3)22-14(20)17-8-6-10(17)9-21-12-11(13(18)19)5-4-7-16-12/h4-5,7,10H,6,8-9H2,1-3H3,(H,18,19). The molecule has 120 valence electrons. The molecule has 2 heterocycles. The summed E-state index contributed by atoms with van der Waals surface area (Å²) in [6, 6.07) is 2.84. The van der Waals surface area contributed by atoms with E-state index in [2.05, 4.69) is 4.98 Å². The second-order valence-electron chi connectivity index (χ2n) is 6.09. The molecule has 1 fully saturated rings. The first-order chi connectivity index (χ1) is 10.3. The van der Waals surface area contributed by atoms with Crippen LogP contribution in [0.15, 0.2) is 18.3 Å². The topological polar surface area (TPSA) is 89.0 Å². The van der Waals surface area contributed by atoms with Crippen molar-refractivity contribution in [2.45, 2.75) is 38.8 Å². The number of aromatic nitrogens is 1. The summed E-state index contributed by atoms with van der Waals surface area (Å²) in [7, 11) is 0. The maximum absolute atomic E-state index is 12.0. The fraction of sp³-hybridized carbons (Fsp3) is 0.533. The minimum Gasteiger partial charge on any atom is -0.477 e. The number of carbonyl (C=O) groups is 2. The van der Waals surface area contributed by atoms with Gasteiger partial charge in [-0.25, -0.2) is 14.6 Å². The molecule has 1 N–H and O–H groups in total. The van der Waals surface area contributed by atoms with Crippen LogP contribution in [0, 0.1) is 0 Å². The van der Waals surface area contributed by atoms with Crippen LogP contribution in [0.25, 0.3) is 0 Å². The number of hydrogen-bond acceptors (Lipinski definition) is 5. The van der Waals surface area contributed by atoms with Crippen molar-refractivity contribution in [1.29, 1.82) is 0 Å². The van der Waals surface area contributed by atoms with Crippen molar-refractivity contribution in [3.63, 3.8) is 0 Å². The molecule has 7 heteroatoms. The number of likely N-dealkylation sites (tertiary alicyclic amines) is 1. The number of pyridine rings is 1. The van der Waals surface area contributed by atoms with Gasteiger partial charge in [-0.05, 0) is 39.3 Å². The zero-order chi connectivity index (χ0) is 16.3. The number of aromatic carboxylic acids is 1. The van der Waals surface area contributed by atoms with Gasteiger partial charge in [0.1, 0.15) is 17.8 Å². The van der Waals surface area contributed by atoms with Crippen LogP contribution in [0.3, 0.4) is 0 Å². The van der Waals surface area contributed by atoms with Crippen molar-refractivity contribution in [2.24, 2.45) is 0 Å².